The molecule has 0 bridgehead atoms. The van der Waals surface area contributed by atoms with E-state index in [0.717, 1.165) is 35.9 Å². The number of benzene rings is 1. The molecule has 1 aromatic carbocycles. The van der Waals surface area contributed by atoms with Crippen molar-refractivity contribution >= 4 is 17.4 Å². The summed E-state index contributed by atoms with van der Waals surface area (Å²) in [4.78, 5) is 19.9. The van der Waals surface area contributed by atoms with Gasteiger partial charge in [-0.1, -0.05) is 12.1 Å². The number of fused-ring (bicyclic) bond motifs is 2. The van der Waals surface area contributed by atoms with Crippen LogP contribution in [0, 0.1) is 23.2 Å². The normalized spacial score (nSPS) is 20.9. The Morgan fingerprint density at radius 3 is 2.65 bits per heavy atom. The van der Waals surface area contributed by atoms with Gasteiger partial charge in [0, 0.05) is 51.1 Å². The first-order valence-corrected chi connectivity index (χ1v) is 11.2. The summed E-state index contributed by atoms with van der Waals surface area (Å²) in [5.41, 5.74) is 10.2. The van der Waals surface area contributed by atoms with Crippen LogP contribution in [0.4, 0.5) is 5.82 Å². The molecule has 3 N–H and O–H groups in total. The van der Waals surface area contributed by atoms with E-state index in [4.69, 9.17) is 16.1 Å². The number of rotatable bonds is 5. The Morgan fingerprint density at radius 2 is 1.97 bits per heavy atom. The fourth-order valence-electron chi connectivity index (χ4n) is 4.78. The maximum Gasteiger partial charge on any atom is 0.270 e. The molecule has 170 valence electrons. The summed E-state index contributed by atoms with van der Waals surface area (Å²) in [6.45, 7) is 2.03. The van der Waals surface area contributed by atoms with Gasteiger partial charge < -0.3 is 16.0 Å². The summed E-state index contributed by atoms with van der Waals surface area (Å²) in [5.74, 6) is 1.55. The van der Waals surface area contributed by atoms with Crippen molar-refractivity contribution in [3.05, 3.63) is 65.5 Å². The molecule has 1 unspecified atom stereocenters. The number of aromatic nitrogens is 5. The lowest BCUT2D eigenvalue weighted by Gasteiger charge is -2.22. The Morgan fingerprint density at radius 1 is 1.21 bits per heavy atom. The van der Waals surface area contributed by atoms with Crippen molar-refractivity contribution in [3.63, 3.8) is 0 Å². The van der Waals surface area contributed by atoms with Gasteiger partial charge in [0.2, 0.25) is 0 Å². The minimum Gasteiger partial charge on any atom is -0.356 e. The fraction of sp³-hybridized carbons (Fsp3) is 0.292. The van der Waals surface area contributed by atoms with Gasteiger partial charge >= 0.3 is 0 Å². The molecule has 0 spiro atoms. The van der Waals surface area contributed by atoms with E-state index in [1.807, 2.05) is 31.3 Å². The number of nitrogens with zero attached hydrogens (tertiary/aromatic N) is 7. The van der Waals surface area contributed by atoms with E-state index in [-0.39, 0.29) is 11.9 Å². The van der Waals surface area contributed by atoms with E-state index in [0.29, 0.717) is 35.3 Å². The average molecular weight is 454 g/mol. The van der Waals surface area contributed by atoms with Crippen LogP contribution in [0.2, 0.25) is 0 Å². The van der Waals surface area contributed by atoms with Gasteiger partial charge in [-0.15, -0.1) is 0 Å². The number of nitrogens with two attached hydrogens (primary N) is 1. The molecule has 1 amide bonds. The van der Waals surface area contributed by atoms with Gasteiger partial charge in [0.15, 0.2) is 5.65 Å². The zero-order chi connectivity index (χ0) is 23.4. The molecule has 6 rings (SSSR count). The third kappa shape index (κ3) is 3.38. The SMILES string of the molecule is Cn1nccc1-c1cc2nc(C(=O)NCc3ccc(C#N)cc3)cc(N3C[C@@H]4C(N)[C@@H]4C3)n2n1. The number of anilines is 1. The van der Waals surface area contributed by atoms with Gasteiger partial charge in [-0.3, -0.25) is 9.48 Å². The van der Waals surface area contributed by atoms with Gasteiger partial charge in [0.25, 0.3) is 5.91 Å². The molecular formula is C24H23N9O. The summed E-state index contributed by atoms with van der Waals surface area (Å²) in [6.07, 6.45) is 1.73. The number of piperidine rings is 1. The molecule has 1 saturated heterocycles. The lowest BCUT2D eigenvalue weighted by atomic mass is 10.1. The summed E-state index contributed by atoms with van der Waals surface area (Å²) in [6, 6.07) is 15.1. The Hall–Kier alpha value is -4.23. The highest BCUT2D eigenvalue weighted by Crippen LogP contribution is 2.45. The van der Waals surface area contributed by atoms with E-state index in [1.165, 1.54) is 0 Å². The number of aryl methyl sites for hydroxylation is 1. The van der Waals surface area contributed by atoms with Crippen molar-refractivity contribution < 1.29 is 4.79 Å². The van der Waals surface area contributed by atoms with Gasteiger partial charge in [0.05, 0.1) is 17.3 Å². The average Bonchev–Trinajstić information content (AvgIpc) is 3.34. The molecule has 1 aliphatic heterocycles. The zero-order valence-corrected chi connectivity index (χ0v) is 18.6. The lowest BCUT2D eigenvalue weighted by molar-refractivity contribution is 0.0946. The Balaban J connectivity index is 1.33. The van der Waals surface area contributed by atoms with Gasteiger partial charge in [0.1, 0.15) is 17.2 Å². The molecule has 3 aromatic heterocycles. The van der Waals surface area contributed by atoms with E-state index in [2.05, 4.69) is 26.4 Å². The molecular weight excluding hydrogens is 430 g/mol. The summed E-state index contributed by atoms with van der Waals surface area (Å²) in [5, 5.41) is 20.9. The van der Waals surface area contributed by atoms with Crippen LogP contribution in [0.15, 0.2) is 48.7 Å². The largest absolute Gasteiger partial charge is 0.356 e. The number of nitrogens with one attached hydrogen (secondary N) is 1. The molecule has 10 nitrogen and oxygen atoms in total. The second kappa shape index (κ2) is 7.67. The number of hydrogen-bond acceptors (Lipinski definition) is 7. The van der Waals surface area contributed by atoms with Crippen molar-refractivity contribution in [2.75, 3.05) is 18.0 Å². The Kier molecular flexibility index (Phi) is 4.60. The minimum atomic E-state index is -0.266. The van der Waals surface area contributed by atoms with Gasteiger partial charge in [-0.25, -0.2) is 4.98 Å². The van der Waals surface area contributed by atoms with E-state index >= 15 is 0 Å². The zero-order valence-electron chi connectivity index (χ0n) is 18.6. The predicted molar refractivity (Wildman–Crippen MR) is 125 cm³/mol. The van der Waals surface area contributed by atoms with Crippen LogP contribution in [-0.4, -0.2) is 49.4 Å². The van der Waals surface area contributed by atoms with Crippen molar-refractivity contribution in [2.24, 2.45) is 24.6 Å². The Bertz CT molecular complexity index is 1430. The molecule has 10 heteroatoms. The molecule has 0 radical (unpaired) electrons. The standard InChI is InChI=1S/C24H23N9O/c1-31-20(6-7-28-31)18-8-21-29-19(24(34)27-11-15-4-2-14(10-25)3-5-15)9-22(33(21)30-18)32-12-16-17(13-32)23(16)26/h2-9,16-17,23H,11-13,26H2,1H3,(H,27,34)/t16-,17+,23?. The van der Waals surface area contributed by atoms with E-state index < -0.39 is 0 Å². The molecule has 34 heavy (non-hydrogen) atoms. The number of carbonyl (C=O) groups excluding carboxylic acids is 1. The Labute approximate surface area is 195 Å². The number of hydrogen-bond donors (Lipinski definition) is 2. The monoisotopic (exact) mass is 453 g/mol. The van der Waals surface area contributed by atoms with Crippen LogP contribution in [0.25, 0.3) is 17.0 Å². The smallest absolute Gasteiger partial charge is 0.270 e. The van der Waals surface area contributed by atoms with Crippen LogP contribution in [-0.2, 0) is 13.6 Å². The van der Waals surface area contributed by atoms with E-state index in [1.54, 1.807) is 33.6 Å². The van der Waals surface area contributed by atoms with Crippen LogP contribution in [0.5, 0.6) is 0 Å². The molecule has 4 heterocycles. The topological polar surface area (TPSA) is 130 Å². The maximum atomic E-state index is 13.1. The van der Waals surface area contributed by atoms with E-state index in [9.17, 15) is 4.79 Å². The van der Waals surface area contributed by atoms with Crippen LogP contribution in [0.1, 0.15) is 21.6 Å². The summed E-state index contributed by atoms with van der Waals surface area (Å²) < 4.78 is 3.56. The van der Waals surface area contributed by atoms with Crippen LogP contribution in [0.3, 0.4) is 0 Å². The van der Waals surface area contributed by atoms with Gasteiger partial charge in [-0.05, 0) is 35.6 Å². The highest BCUT2D eigenvalue weighted by molar-refractivity contribution is 5.93. The minimum absolute atomic E-state index is 0.266. The van der Waals surface area contributed by atoms with Crippen molar-refractivity contribution in [1.29, 1.82) is 5.26 Å². The van der Waals surface area contributed by atoms with Crippen LogP contribution < -0.4 is 16.0 Å². The third-order valence-electron chi connectivity index (χ3n) is 6.84. The fourth-order valence-corrected chi connectivity index (χ4v) is 4.78. The molecule has 2 aliphatic rings. The van der Waals surface area contributed by atoms with Crippen LogP contribution >= 0.6 is 0 Å². The molecule has 2 fully saturated rings. The molecule has 1 aliphatic carbocycles. The first-order valence-electron chi connectivity index (χ1n) is 11.2. The molecule has 3 atom stereocenters. The second-order valence-corrected chi connectivity index (χ2v) is 8.94. The van der Waals surface area contributed by atoms with Crippen molar-refractivity contribution in [1.82, 2.24) is 29.7 Å². The molecule has 4 aromatic rings. The summed E-state index contributed by atoms with van der Waals surface area (Å²) in [7, 11) is 1.87. The third-order valence-corrected chi connectivity index (χ3v) is 6.84. The number of amides is 1. The van der Waals surface area contributed by atoms with Gasteiger partial charge in [-0.2, -0.15) is 20.0 Å². The summed E-state index contributed by atoms with van der Waals surface area (Å²) >= 11 is 0. The van der Waals surface area contributed by atoms with Crippen molar-refractivity contribution in [3.8, 4) is 17.5 Å². The van der Waals surface area contributed by atoms with Crippen molar-refractivity contribution in [2.45, 2.75) is 12.6 Å². The lowest BCUT2D eigenvalue weighted by Crippen LogP contribution is -2.31. The second-order valence-electron chi connectivity index (χ2n) is 8.94. The maximum absolute atomic E-state index is 13.1. The highest BCUT2D eigenvalue weighted by Gasteiger charge is 2.54. The quantitative estimate of drug-likeness (QED) is 0.466. The predicted octanol–water partition coefficient (Wildman–Crippen LogP) is 1.32. The highest BCUT2D eigenvalue weighted by atomic mass is 16.1. The number of nitriles is 1. The molecule has 1 saturated carbocycles. The number of carbonyl (C=O) groups is 1. The first-order chi connectivity index (χ1) is 16.5. The first kappa shape index (κ1) is 20.4.